The lowest BCUT2D eigenvalue weighted by atomic mass is 10.00. The van der Waals surface area contributed by atoms with Gasteiger partial charge in [-0.15, -0.1) is 24.0 Å². The number of guanidine groups is 1. The van der Waals surface area contributed by atoms with Crippen LogP contribution >= 0.6 is 24.0 Å². The summed E-state index contributed by atoms with van der Waals surface area (Å²) in [7, 11) is 1.81. The number of nitrogens with zero attached hydrogens (tertiary/aromatic N) is 1. The van der Waals surface area contributed by atoms with Gasteiger partial charge < -0.3 is 20.1 Å². The maximum atomic E-state index is 5.74. The first-order valence-electron chi connectivity index (χ1n) is 10.3. The van der Waals surface area contributed by atoms with Crippen LogP contribution in [0.2, 0.25) is 0 Å². The summed E-state index contributed by atoms with van der Waals surface area (Å²) in [6.07, 6.45) is 3.22. The first kappa shape index (κ1) is 25.2. The van der Waals surface area contributed by atoms with Crippen LogP contribution in [0.5, 0.6) is 0 Å². The van der Waals surface area contributed by atoms with Crippen molar-refractivity contribution in [3.63, 3.8) is 0 Å². The first-order valence-corrected chi connectivity index (χ1v) is 10.3. The second-order valence-electron chi connectivity index (χ2n) is 7.86. The Bertz CT molecular complexity index is 557. The molecule has 2 unspecified atom stereocenters. The van der Waals surface area contributed by atoms with Gasteiger partial charge in [-0.05, 0) is 43.2 Å². The molecule has 6 heteroatoms. The van der Waals surface area contributed by atoms with E-state index in [0.717, 1.165) is 58.2 Å². The Kier molecular flexibility index (Phi) is 12.7. The smallest absolute Gasteiger partial charge is 0.191 e. The SMILES string of the molecule is CN=C(NCCCOCC1CCOC1)NC(C)c1ccc(CC(C)C)cc1.I. The highest BCUT2D eigenvalue weighted by atomic mass is 127. The quantitative estimate of drug-likeness (QED) is 0.218. The number of hydrogen-bond donors (Lipinski definition) is 2. The maximum absolute atomic E-state index is 5.74. The predicted octanol–water partition coefficient (Wildman–Crippen LogP) is 4.17. The number of ether oxygens (including phenoxy) is 2. The van der Waals surface area contributed by atoms with Gasteiger partial charge in [-0.25, -0.2) is 0 Å². The largest absolute Gasteiger partial charge is 0.381 e. The third kappa shape index (κ3) is 9.56. The second-order valence-corrected chi connectivity index (χ2v) is 7.86. The molecule has 1 heterocycles. The van der Waals surface area contributed by atoms with Crippen molar-refractivity contribution in [3.8, 4) is 0 Å². The van der Waals surface area contributed by atoms with E-state index in [-0.39, 0.29) is 30.0 Å². The Hall–Kier alpha value is -0.860. The van der Waals surface area contributed by atoms with Crippen molar-refractivity contribution in [1.82, 2.24) is 10.6 Å². The van der Waals surface area contributed by atoms with Gasteiger partial charge in [-0.1, -0.05) is 38.1 Å². The monoisotopic (exact) mass is 503 g/mol. The van der Waals surface area contributed by atoms with Crippen LogP contribution in [0.1, 0.15) is 50.8 Å². The summed E-state index contributed by atoms with van der Waals surface area (Å²) >= 11 is 0. The van der Waals surface area contributed by atoms with Crippen LogP contribution in [0.3, 0.4) is 0 Å². The molecule has 2 rings (SSSR count). The van der Waals surface area contributed by atoms with E-state index in [1.54, 1.807) is 0 Å². The van der Waals surface area contributed by atoms with E-state index in [0.29, 0.717) is 11.8 Å². The molecule has 1 aromatic rings. The first-order chi connectivity index (χ1) is 13.1. The Morgan fingerprint density at radius 3 is 2.61 bits per heavy atom. The van der Waals surface area contributed by atoms with Crippen molar-refractivity contribution in [2.45, 2.75) is 46.1 Å². The molecular weight excluding hydrogens is 465 g/mol. The fourth-order valence-corrected chi connectivity index (χ4v) is 3.24. The topological polar surface area (TPSA) is 54.9 Å². The number of rotatable bonds is 10. The molecule has 0 saturated carbocycles. The molecule has 1 aromatic carbocycles. The minimum atomic E-state index is 0. The summed E-state index contributed by atoms with van der Waals surface area (Å²) in [6, 6.07) is 9.10. The molecule has 0 aliphatic carbocycles. The highest BCUT2D eigenvalue weighted by Gasteiger charge is 2.15. The summed E-state index contributed by atoms with van der Waals surface area (Å²) in [5.74, 6) is 2.10. The summed E-state index contributed by atoms with van der Waals surface area (Å²) in [5.41, 5.74) is 2.67. The molecular formula is C22H38IN3O2. The van der Waals surface area contributed by atoms with E-state index in [9.17, 15) is 0 Å². The highest BCUT2D eigenvalue weighted by molar-refractivity contribution is 14.0. The predicted molar refractivity (Wildman–Crippen MR) is 128 cm³/mol. The Morgan fingerprint density at radius 2 is 2.00 bits per heavy atom. The van der Waals surface area contributed by atoms with Gasteiger partial charge in [-0.3, -0.25) is 4.99 Å². The van der Waals surface area contributed by atoms with Crippen LogP contribution in [-0.2, 0) is 15.9 Å². The van der Waals surface area contributed by atoms with Crippen LogP contribution < -0.4 is 10.6 Å². The van der Waals surface area contributed by atoms with Crippen LogP contribution in [0.4, 0.5) is 0 Å². The van der Waals surface area contributed by atoms with Crippen molar-refractivity contribution >= 4 is 29.9 Å². The van der Waals surface area contributed by atoms with Gasteiger partial charge >= 0.3 is 0 Å². The minimum Gasteiger partial charge on any atom is -0.381 e. The molecule has 5 nitrogen and oxygen atoms in total. The fourth-order valence-electron chi connectivity index (χ4n) is 3.24. The van der Waals surface area contributed by atoms with Crippen LogP contribution in [0.15, 0.2) is 29.3 Å². The van der Waals surface area contributed by atoms with E-state index in [1.807, 2.05) is 7.05 Å². The van der Waals surface area contributed by atoms with Gasteiger partial charge in [0.1, 0.15) is 0 Å². The molecule has 28 heavy (non-hydrogen) atoms. The van der Waals surface area contributed by atoms with Crippen molar-refractivity contribution in [2.75, 3.05) is 40.0 Å². The zero-order valence-corrected chi connectivity index (χ0v) is 20.2. The zero-order chi connectivity index (χ0) is 19.5. The Balaban J connectivity index is 0.00000392. The molecule has 1 aliphatic heterocycles. The summed E-state index contributed by atoms with van der Waals surface area (Å²) < 4.78 is 11.1. The Labute approximate surface area is 188 Å². The molecule has 0 amide bonds. The zero-order valence-electron chi connectivity index (χ0n) is 17.9. The lowest BCUT2D eigenvalue weighted by molar-refractivity contribution is 0.0888. The van der Waals surface area contributed by atoms with E-state index in [1.165, 1.54) is 11.1 Å². The van der Waals surface area contributed by atoms with Crippen molar-refractivity contribution < 1.29 is 9.47 Å². The van der Waals surface area contributed by atoms with Gasteiger partial charge in [0.2, 0.25) is 0 Å². The number of hydrogen-bond acceptors (Lipinski definition) is 3. The van der Waals surface area contributed by atoms with E-state index >= 15 is 0 Å². The molecule has 1 saturated heterocycles. The van der Waals surface area contributed by atoms with Gasteiger partial charge in [0.25, 0.3) is 0 Å². The number of nitrogens with one attached hydrogen (secondary N) is 2. The van der Waals surface area contributed by atoms with E-state index in [2.05, 4.69) is 60.7 Å². The minimum absolute atomic E-state index is 0. The van der Waals surface area contributed by atoms with Gasteiger partial charge in [0, 0.05) is 32.7 Å². The molecule has 0 radical (unpaired) electrons. The molecule has 160 valence electrons. The molecule has 2 atom stereocenters. The molecule has 0 spiro atoms. The van der Waals surface area contributed by atoms with Gasteiger partial charge in [-0.2, -0.15) is 0 Å². The second kappa shape index (κ2) is 14.2. The standard InChI is InChI=1S/C22H37N3O2.HI/c1-17(2)14-19-6-8-21(9-7-19)18(3)25-22(23-4)24-11-5-12-26-15-20-10-13-27-16-20;/h6-9,17-18,20H,5,10-16H2,1-4H3,(H2,23,24,25);1H. The number of halogens is 1. The van der Waals surface area contributed by atoms with E-state index in [4.69, 9.17) is 9.47 Å². The average Bonchev–Trinajstić information content (AvgIpc) is 3.17. The molecule has 1 fully saturated rings. The summed E-state index contributed by atoms with van der Waals surface area (Å²) in [5, 5.41) is 6.83. The third-order valence-corrected chi connectivity index (χ3v) is 4.84. The van der Waals surface area contributed by atoms with E-state index < -0.39 is 0 Å². The normalized spacial score (nSPS) is 18.0. The number of aliphatic imine (C=N–C) groups is 1. The molecule has 0 aromatic heterocycles. The summed E-state index contributed by atoms with van der Waals surface area (Å²) in [4.78, 5) is 4.33. The summed E-state index contributed by atoms with van der Waals surface area (Å²) in [6.45, 7) is 10.8. The fraction of sp³-hybridized carbons (Fsp3) is 0.682. The molecule has 0 bridgehead atoms. The highest BCUT2D eigenvalue weighted by Crippen LogP contribution is 2.15. The van der Waals surface area contributed by atoms with Crippen molar-refractivity contribution in [1.29, 1.82) is 0 Å². The van der Waals surface area contributed by atoms with Crippen LogP contribution in [0, 0.1) is 11.8 Å². The third-order valence-electron chi connectivity index (χ3n) is 4.84. The molecule has 1 aliphatic rings. The lowest BCUT2D eigenvalue weighted by Gasteiger charge is -2.19. The van der Waals surface area contributed by atoms with Crippen molar-refractivity contribution in [3.05, 3.63) is 35.4 Å². The maximum Gasteiger partial charge on any atom is 0.191 e. The molecule has 2 N–H and O–H groups in total. The van der Waals surface area contributed by atoms with Gasteiger partial charge in [0.15, 0.2) is 5.96 Å². The average molecular weight is 503 g/mol. The van der Waals surface area contributed by atoms with Crippen molar-refractivity contribution in [2.24, 2.45) is 16.8 Å². The lowest BCUT2D eigenvalue weighted by Crippen LogP contribution is -2.39. The number of benzene rings is 1. The van der Waals surface area contributed by atoms with Crippen LogP contribution in [-0.4, -0.2) is 46.0 Å². The van der Waals surface area contributed by atoms with Gasteiger partial charge in [0.05, 0.1) is 19.3 Å². The van der Waals surface area contributed by atoms with Crippen LogP contribution in [0.25, 0.3) is 0 Å². The Morgan fingerprint density at radius 1 is 1.25 bits per heavy atom.